The van der Waals surface area contributed by atoms with Crippen LogP contribution in [-0.4, -0.2) is 31.2 Å². The summed E-state index contributed by atoms with van der Waals surface area (Å²) in [6.45, 7) is 2.99. The van der Waals surface area contributed by atoms with Crippen LogP contribution in [0.25, 0.3) is 0 Å². The lowest BCUT2D eigenvalue weighted by atomic mass is 10.2. The topological polar surface area (TPSA) is 63.2 Å². The molecule has 1 amide bonds. The Hall–Kier alpha value is -2.40. The van der Waals surface area contributed by atoms with Gasteiger partial charge < -0.3 is 15.4 Å². The molecule has 0 fully saturated rings. The van der Waals surface area contributed by atoms with Crippen LogP contribution in [0.3, 0.4) is 0 Å². The second-order valence-electron chi connectivity index (χ2n) is 4.65. The predicted octanol–water partition coefficient (Wildman–Crippen LogP) is 2.51. The SMILES string of the molecule is COCCNC(=O)c1cncc(Nc2ccccc2C)c1. The number of anilines is 2. The van der Waals surface area contributed by atoms with Gasteiger partial charge in [-0.2, -0.15) is 0 Å². The van der Waals surface area contributed by atoms with Crippen LogP contribution in [0.1, 0.15) is 15.9 Å². The van der Waals surface area contributed by atoms with Crippen LogP contribution < -0.4 is 10.6 Å². The number of amides is 1. The van der Waals surface area contributed by atoms with Gasteiger partial charge in [0.15, 0.2) is 0 Å². The van der Waals surface area contributed by atoms with Crippen LogP contribution in [0.5, 0.6) is 0 Å². The zero-order valence-corrected chi connectivity index (χ0v) is 12.2. The van der Waals surface area contributed by atoms with Crippen molar-refractivity contribution >= 4 is 17.3 Å². The van der Waals surface area contributed by atoms with Gasteiger partial charge in [-0.3, -0.25) is 9.78 Å². The largest absolute Gasteiger partial charge is 0.383 e. The molecule has 5 nitrogen and oxygen atoms in total. The number of ether oxygens (including phenoxy) is 1. The predicted molar refractivity (Wildman–Crippen MR) is 82.9 cm³/mol. The number of carbonyl (C=O) groups is 1. The number of nitrogens with one attached hydrogen (secondary N) is 2. The molecule has 21 heavy (non-hydrogen) atoms. The number of aryl methyl sites for hydroxylation is 1. The number of carbonyl (C=O) groups excluding carboxylic acids is 1. The summed E-state index contributed by atoms with van der Waals surface area (Å²) in [4.78, 5) is 16.1. The maximum atomic E-state index is 12.0. The molecular weight excluding hydrogens is 266 g/mol. The van der Waals surface area contributed by atoms with Crippen LogP contribution in [0, 0.1) is 6.92 Å². The molecule has 1 heterocycles. The smallest absolute Gasteiger partial charge is 0.253 e. The van der Waals surface area contributed by atoms with E-state index in [9.17, 15) is 4.79 Å². The van der Waals surface area contributed by atoms with Gasteiger partial charge in [0, 0.05) is 25.5 Å². The molecule has 0 aliphatic rings. The molecule has 0 radical (unpaired) electrons. The Morgan fingerprint density at radius 3 is 2.86 bits per heavy atom. The monoisotopic (exact) mass is 285 g/mol. The molecule has 0 unspecified atom stereocenters. The van der Waals surface area contributed by atoms with Gasteiger partial charge in [-0.15, -0.1) is 0 Å². The van der Waals surface area contributed by atoms with Crippen molar-refractivity contribution in [1.29, 1.82) is 0 Å². The number of rotatable bonds is 6. The Morgan fingerprint density at radius 2 is 2.10 bits per heavy atom. The molecule has 2 N–H and O–H groups in total. The van der Waals surface area contributed by atoms with E-state index in [-0.39, 0.29) is 5.91 Å². The van der Waals surface area contributed by atoms with Gasteiger partial charge in [-0.25, -0.2) is 0 Å². The molecule has 0 saturated carbocycles. The summed E-state index contributed by atoms with van der Waals surface area (Å²) in [7, 11) is 1.60. The first-order chi connectivity index (χ1) is 10.2. The van der Waals surface area contributed by atoms with Gasteiger partial charge in [-0.1, -0.05) is 18.2 Å². The van der Waals surface area contributed by atoms with E-state index in [2.05, 4.69) is 15.6 Å². The summed E-state index contributed by atoms with van der Waals surface area (Å²) in [5, 5.41) is 6.04. The Morgan fingerprint density at radius 1 is 1.29 bits per heavy atom. The van der Waals surface area contributed by atoms with Crippen LogP contribution in [0.2, 0.25) is 0 Å². The maximum absolute atomic E-state index is 12.0. The first-order valence-electron chi connectivity index (χ1n) is 6.75. The second kappa shape index (κ2) is 7.40. The number of methoxy groups -OCH3 is 1. The molecule has 0 bridgehead atoms. The Balaban J connectivity index is 2.07. The van der Waals surface area contributed by atoms with E-state index in [1.54, 1.807) is 25.6 Å². The standard InChI is InChI=1S/C16H19N3O2/c1-12-5-3-4-6-15(12)19-14-9-13(10-17-11-14)16(20)18-7-8-21-2/h3-6,9-11,19H,7-8H2,1-2H3,(H,18,20). The first kappa shape index (κ1) is 15.0. The summed E-state index contributed by atoms with van der Waals surface area (Å²) in [6.07, 6.45) is 3.24. The van der Waals surface area contributed by atoms with Crippen LogP contribution in [0.15, 0.2) is 42.7 Å². The quantitative estimate of drug-likeness (QED) is 0.801. The lowest BCUT2D eigenvalue weighted by molar-refractivity contribution is 0.0937. The third-order valence-electron chi connectivity index (χ3n) is 3.02. The minimum atomic E-state index is -0.159. The Labute approximate surface area is 124 Å². The van der Waals surface area contributed by atoms with Gasteiger partial charge in [0.1, 0.15) is 0 Å². The Bertz CT molecular complexity index is 614. The van der Waals surface area contributed by atoms with Crippen molar-refractivity contribution in [3.05, 3.63) is 53.9 Å². The molecule has 2 rings (SSSR count). The second-order valence-corrected chi connectivity index (χ2v) is 4.65. The van der Waals surface area contributed by atoms with E-state index >= 15 is 0 Å². The minimum Gasteiger partial charge on any atom is -0.383 e. The first-order valence-corrected chi connectivity index (χ1v) is 6.75. The summed E-state index contributed by atoms with van der Waals surface area (Å²) >= 11 is 0. The number of pyridine rings is 1. The van der Waals surface area contributed by atoms with Crippen molar-refractivity contribution in [3.63, 3.8) is 0 Å². The van der Waals surface area contributed by atoms with Crippen LogP contribution >= 0.6 is 0 Å². The van der Waals surface area contributed by atoms with Crippen molar-refractivity contribution in [3.8, 4) is 0 Å². The number of nitrogens with zero attached hydrogens (tertiary/aromatic N) is 1. The zero-order valence-electron chi connectivity index (χ0n) is 12.2. The highest BCUT2D eigenvalue weighted by Gasteiger charge is 2.07. The van der Waals surface area contributed by atoms with Crippen molar-refractivity contribution in [2.24, 2.45) is 0 Å². The maximum Gasteiger partial charge on any atom is 0.253 e. The summed E-state index contributed by atoms with van der Waals surface area (Å²) in [5.41, 5.74) is 3.43. The fourth-order valence-electron chi connectivity index (χ4n) is 1.87. The number of benzene rings is 1. The highest BCUT2D eigenvalue weighted by molar-refractivity contribution is 5.94. The van der Waals surface area contributed by atoms with E-state index in [4.69, 9.17) is 4.74 Å². The van der Waals surface area contributed by atoms with Crippen molar-refractivity contribution in [1.82, 2.24) is 10.3 Å². The van der Waals surface area contributed by atoms with Gasteiger partial charge in [0.05, 0.1) is 24.1 Å². The van der Waals surface area contributed by atoms with Crippen LogP contribution in [0.4, 0.5) is 11.4 Å². The molecule has 2 aromatic rings. The van der Waals surface area contributed by atoms with E-state index in [1.807, 2.05) is 31.2 Å². The number of para-hydroxylation sites is 1. The van der Waals surface area contributed by atoms with Gasteiger partial charge >= 0.3 is 0 Å². The molecule has 1 aromatic carbocycles. The average Bonchev–Trinajstić information content (AvgIpc) is 2.50. The van der Waals surface area contributed by atoms with Crippen LogP contribution in [-0.2, 0) is 4.74 Å². The van der Waals surface area contributed by atoms with Crippen molar-refractivity contribution < 1.29 is 9.53 Å². The summed E-state index contributed by atoms with van der Waals surface area (Å²) < 4.78 is 4.90. The molecule has 0 aliphatic heterocycles. The highest BCUT2D eigenvalue weighted by Crippen LogP contribution is 2.19. The van der Waals surface area contributed by atoms with Crippen molar-refractivity contribution in [2.45, 2.75) is 6.92 Å². The summed E-state index contributed by atoms with van der Waals surface area (Å²) in [5.74, 6) is -0.159. The molecule has 110 valence electrons. The van der Waals surface area contributed by atoms with Gasteiger partial charge in [-0.05, 0) is 24.6 Å². The zero-order chi connectivity index (χ0) is 15.1. The van der Waals surface area contributed by atoms with Crippen molar-refractivity contribution in [2.75, 3.05) is 25.6 Å². The number of hydrogen-bond donors (Lipinski definition) is 2. The van der Waals surface area contributed by atoms with E-state index in [1.165, 1.54) is 0 Å². The fraction of sp³-hybridized carbons (Fsp3) is 0.250. The number of hydrogen-bond acceptors (Lipinski definition) is 4. The fourth-order valence-corrected chi connectivity index (χ4v) is 1.87. The Kier molecular flexibility index (Phi) is 5.29. The normalized spacial score (nSPS) is 10.2. The molecule has 1 aromatic heterocycles. The average molecular weight is 285 g/mol. The number of aromatic nitrogens is 1. The third kappa shape index (κ3) is 4.29. The highest BCUT2D eigenvalue weighted by atomic mass is 16.5. The molecule has 0 aliphatic carbocycles. The van der Waals surface area contributed by atoms with Gasteiger partial charge in [0.2, 0.25) is 0 Å². The molecule has 0 spiro atoms. The lowest BCUT2D eigenvalue weighted by Gasteiger charge is -2.10. The summed E-state index contributed by atoms with van der Waals surface area (Å²) in [6, 6.07) is 9.74. The molecule has 0 saturated heterocycles. The van der Waals surface area contributed by atoms with E-state index in [0.29, 0.717) is 18.7 Å². The molecule has 5 heteroatoms. The van der Waals surface area contributed by atoms with E-state index < -0.39 is 0 Å². The third-order valence-corrected chi connectivity index (χ3v) is 3.02. The minimum absolute atomic E-state index is 0.159. The lowest BCUT2D eigenvalue weighted by Crippen LogP contribution is -2.27. The van der Waals surface area contributed by atoms with Gasteiger partial charge in [0.25, 0.3) is 5.91 Å². The molecule has 0 atom stereocenters. The van der Waals surface area contributed by atoms with E-state index in [0.717, 1.165) is 16.9 Å². The molecular formula is C16H19N3O2.